The van der Waals surface area contributed by atoms with Gasteiger partial charge in [0.05, 0.1) is 23.4 Å². The number of hydrogen-bond acceptors (Lipinski definition) is 2. The number of benzene rings is 2. The fourth-order valence-electron chi connectivity index (χ4n) is 2.49. The molecular formula is C17H11ClF3NO2. The van der Waals surface area contributed by atoms with Gasteiger partial charge in [-0.3, -0.25) is 4.79 Å². The van der Waals surface area contributed by atoms with E-state index >= 15 is 0 Å². The number of ether oxygens (including phenoxy) is 1. The highest BCUT2D eigenvalue weighted by Gasteiger charge is 2.34. The van der Waals surface area contributed by atoms with Gasteiger partial charge in [-0.15, -0.1) is 0 Å². The van der Waals surface area contributed by atoms with Gasteiger partial charge in [-0.05, 0) is 24.3 Å². The molecule has 0 saturated heterocycles. The number of hydrogen-bond donors (Lipinski definition) is 1. The molecule has 0 spiro atoms. The molecule has 0 radical (unpaired) electrons. The van der Waals surface area contributed by atoms with Gasteiger partial charge in [-0.2, -0.15) is 13.2 Å². The molecule has 124 valence electrons. The van der Waals surface area contributed by atoms with Gasteiger partial charge >= 0.3 is 6.18 Å². The van der Waals surface area contributed by atoms with Crippen LogP contribution in [0.4, 0.5) is 13.2 Å². The molecule has 0 aliphatic heterocycles. The van der Waals surface area contributed by atoms with Gasteiger partial charge in [-0.1, -0.05) is 23.7 Å². The predicted molar refractivity (Wildman–Crippen MR) is 86.6 cm³/mol. The molecule has 3 aromatic rings. The first-order valence-corrected chi connectivity index (χ1v) is 7.26. The Hall–Kier alpha value is -2.47. The van der Waals surface area contributed by atoms with E-state index in [1.165, 1.54) is 13.2 Å². The molecule has 3 rings (SSSR count). The number of fused-ring (bicyclic) bond motifs is 1. The number of aromatic nitrogens is 1. The molecular weight excluding hydrogens is 343 g/mol. The number of methoxy groups -OCH3 is 1. The van der Waals surface area contributed by atoms with E-state index in [1.807, 2.05) is 0 Å². The molecule has 0 amide bonds. The molecule has 0 aliphatic rings. The van der Waals surface area contributed by atoms with Crippen LogP contribution in [0.5, 0.6) is 5.75 Å². The number of alkyl halides is 3. The number of aromatic amines is 1. The zero-order chi connectivity index (χ0) is 17.5. The lowest BCUT2D eigenvalue weighted by Gasteiger charge is -2.15. The van der Waals surface area contributed by atoms with Crippen LogP contribution in [0.25, 0.3) is 22.2 Å². The van der Waals surface area contributed by atoms with Crippen molar-refractivity contribution in [3.63, 3.8) is 0 Å². The monoisotopic (exact) mass is 353 g/mol. The number of rotatable bonds is 2. The number of pyridine rings is 1. The Kier molecular flexibility index (Phi) is 4.01. The lowest BCUT2D eigenvalue weighted by atomic mass is 10.0. The highest BCUT2D eigenvalue weighted by Crippen LogP contribution is 2.41. The molecule has 7 heteroatoms. The minimum absolute atomic E-state index is 0.0299. The number of para-hydroxylation sites is 1. The van der Waals surface area contributed by atoms with Gasteiger partial charge in [0.25, 0.3) is 0 Å². The van der Waals surface area contributed by atoms with Crippen LogP contribution in [-0.4, -0.2) is 12.1 Å². The van der Waals surface area contributed by atoms with Crippen LogP contribution in [0.1, 0.15) is 5.56 Å². The van der Waals surface area contributed by atoms with Crippen molar-refractivity contribution in [1.29, 1.82) is 0 Å². The Morgan fingerprint density at radius 3 is 2.50 bits per heavy atom. The van der Waals surface area contributed by atoms with Crippen molar-refractivity contribution in [2.24, 2.45) is 0 Å². The van der Waals surface area contributed by atoms with Crippen LogP contribution < -0.4 is 10.2 Å². The zero-order valence-electron chi connectivity index (χ0n) is 12.4. The Morgan fingerprint density at radius 1 is 1.12 bits per heavy atom. The molecule has 0 atom stereocenters. The third-order valence-corrected chi connectivity index (χ3v) is 3.93. The molecule has 3 nitrogen and oxygen atoms in total. The zero-order valence-corrected chi connectivity index (χ0v) is 13.1. The van der Waals surface area contributed by atoms with E-state index in [9.17, 15) is 18.0 Å². The summed E-state index contributed by atoms with van der Waals surface area (Å²) in [5, 5.41) is 0.0190. The molecule has 0 aliphatic carbocycles. The second-order valence-corrected chi connectivity index (χ2v) is 5.53. The second kappa shape index (κ2) is 5.87. The van der Waals surface area contributed by atoms with Crippen molar-refractivity contribution in [3.8, 4) is 17.0 Å². The summed E-state index contributed by atoms with van der Waals surface area (Å²) in [5.74, 6) is -0.0299. The first kappa shape index (κ1) is 16.4. The van der Waals surface area contributed by atoms with Crippen molar-refractivity contribution in [1.82, 2.24) is 4.98 Å². The Labute approximate surface area is 139 Å². The van der Waals surface area contributed by atoms with Crippen LogP contribution in [-0.2, 0) is 6.18 Å². The Morgan fingerprint density at radius 2 is 1.83 bits per heavy atom. The molecule has 0 saturated carbocycles. The van der Waals surface area contributed by atoms with E-state index in [2.05, 4.69) is 4.98 Å². The smallest absolute Gasteiger partial charge is 0.417 e. The molecule has 0 bridgehead atoms. The van der Waals surface area contributed by atoms with E-state index in [0.717, 1.165) is 12.1 Å². The summed E-state index contributed by atoms with van der Waals surface area (Å²) in [6, 6.07) is 10.1. The lowest BCUT2D eigenvalue weighted by Crippen LogP contribution is -2.08. The van der Waals surface area contributed by atoms with Crippen molar-refractivity contribution in [2.75, 3.05) is 7.11 Å². The van der Waals surface area contributed by atoms with Gasteiger partial charge in [0.1, 0.15) is 5.75 Å². The van der Waals surface area contributed by atoms with E-state index in [4.69, 9.17) is 16.3 Å². The molecule has 0 fully saturated rings. The van der Waals surface area contributed by atoms with Crippen molar-refractivity contribution in [2.45, 2.75) is 6.18 Å². The molecule has 1 N–H and O–H groups in total. The summed E-state index contributed by atoms with van der Waals surface area (Å²) >= 11 is 5.78. The average molecular weight is 354 g/mol. The normalized spacial score (nSPS) is 11.7. The highest BCUT2D eigenvalue weighted by atomic mass is 35.5. The summed E-state index contributed by atoms with van der Waals surface area (Å²) in [7, 11) is 1.26. The number of halogens is 4. The maximum absolute atomic E-state index is 13.0. The van der Waals surface area contributed by atoms with E-state index in [1.54, 1.807) is 24.3 Å². The molecule has 24 heavy (non-hydrogen) atoms. The van der Waals surface area contributed by atoms with E-state index in [-0.39, 0.29) is 16.7 Å². The minimum atomic E-state index is -4.60. The minimum Gasteiger partial charge on any atom is -0.496 e. The summed E-state index contributed by atoms with van der Waals surface area (Å²) in [4.78, 5) is 15.2. The first-order valence-electron chi connectivity index (χ1n) is 6.88. The summed E-state index contributed by atoms with van der Waals surface area (Å²) in [5.41, 5.74) is -0.0760. The van der Waals surface area contributed by atoms with Crippen LogP contribution in [0.2, 0.25) is 5.02 Å². The first-order chi connectivity index (χ1) is 11.3. The topological polar surface area (TPSA) is 42.1 Å². The largest absolute Gasteiger partial charge is 0.496 e. The van der Waals surface area contributed by atoms with E-state index in [0.29, 0.717) is 16.6 Å². The lowest BCUT2D eigenvalue weighted by molar-refractivity contribution is -0.137. The standard InChI is InChI=1S/C17H11ClF3NO2/c1-24-16-7-11(17(19,20)21)12(18)6-10(16)14-8-15(23)9-4-2-3-5-13(9)22-14/h2-8H,1H3,(H,22,23). The molecule has 1 heterocycles. The van der Waals surface area contributed by atoms with Crippen LogP contribution in [0, 0.1) is 0 Å². The molecule has 1 aromatic heterocycles. The van der Waals surface area contributed by atoms with Gasteiger partial charge in [0, 0.05) is 22.5 Å². The third-order valence-electron chi connectivity index (χ3n) is 3.62. The molecule has 2 aromatic carbocycles. The average Bonchev–Trinajstić information content (AvgIpc) is 2.53. The quantitative estimate of drug-likeness (QED) is 0.713. The molecule has 0 unspecified atom stereocenters. The van der Waals surface area contributed by atoms with Crippen molar-refractivity contribution >= 4 is 22.5 Å². The van der Waals surface area contributed by atoms with Crippen LogP contribution in [0.15, 0.2) is 47.3 Å². The maximum Gasteiger partial charge on any atom is 0.417 e. The predicted octanol–water partition coefficient (Wildman–Crippen LogP) is 4.88. The fraction of sp³-hybridized carbons (Fsp3) is 0.118. The Bertz CT molecular complexity index is 980. The summed E-state index contributed by atoms with van der Waals surface area (Å²) in [6.45, 7) is 0. The van der Waals surface area contributed by atoms with E-state index < -0.39 is 16.8 Å². The maximum atomic E-state index is 13.0. The van der Waals surface area contributed by atoms with Gasteiger partial charge in [0.2, 0.25) is 0 Å². The van der Waals surface area contributed by atoms with Crippen LogP contribution in [0.3, 0.4) is 0 Å². The van der Waals surface area contributed by atoms with Crippen molar-refractivity contribution < 1.29 is 17.9 Å². The number of H-pyrrole nitrogens is 1. The summed E-state index contributed by atoms with van der Waals surface area (Å²) in [6.07, 6.45) is -4.60. The van der Waals surface area contributed by atoms with Crippen LogP contribution >= 0.6 is 11.6 Å². The SMILES string of the molecule is COc1cc(C(F)(F)F)c(Cl)cc1-c1cc(=O)c2ccccc2[nH]1. The Balaban J connectivity index is 2.26. The van der Waals surface area contributed by atoms with Gasteiger partial charge in [0.15, 0.2) is 5.43 Å². The fourth-order valence-corrected chi connectivity index (χ4v) is 2.76. The third kappa shape index (κ3) is 2.85. The highest BCUT2D eigenvalue weighted by molar-refractivity contribution is 6.31. The van der Waals surface area contributed by atoms with Gasteiger partial charge < -0.3 is 9.72 Å². The summed E-state index contributed by atoms with van der Waals surface area (Å²) < 4.78 is 44.0. The van der Waals surface area contributed by atoms with Crippen molar-refractivity contribution in [3.05, 3.63) is 63.3 Å². The second-order valence-electron chi connectivity index (χ2n) is 5.12. The number of nitrogens with one attached hydrogen (secondary N) is 1. The van der Waals surface area contributed by atoms with Gasteiger partial charge in [-0.25, -0.2) is 0 Å².